The molecule has 4 rings (SSSR count). The number of para-hydroxylation sites is 2. The van der Waals surface area contributed by atoms with Gasteiger partial charge in [-0.05, 0) is 45.0 Å². The highest BCUT2D eigenvalue weighted by atomic mass is 16.1. The van der Waals surface area contributed by atoms with Crippen LogP contribution in [-0.2, 0) is 0 Å². The van der Waals surface area contributed by atoms with Gasteiger partial charge in [0.05, 0.1) is 28.3 Å². The van der Waals surface area contributed by atoms with Crippen LogP contribution >= 0.6 is 0 Å². The van der Waals surface area contributed by atoms with Crippen LogP contribution in [0, 0.1) is 13.8 Å². The fourth-order valence-electron chi connectivity index (χ4n) is 3.28. The topological polar surface area (TPSA) is 68.0 Å². The third kappa shape index (κ3) is 3.20. The van der Waals surface area contributed by atoms with Gasteiger partial charge in [-0.2, -0.15) is 5.10 Å². The van der Waals surface area contributed by atoms with Crippen LogP contribution in [0.1, 0.15) is 23.9 Å². The van der Waals surface area contributed by atoms with Gasteiger partial charge in [-0.25, -0.2) is 14.4 Å². The highest BCUT2D eigenvalue weighted by Crippen LogP contribution is 2.21. The lowest BCUT2D eigenvalue weighted by atomic mass is 10.2. The molecule has 6 heteroatoms. The molecule has 0 unspecified atom stereocenters. The van der Waals surface area contributed by atoms with E-state index < -0.39 is 0 Å². The fraction of sp³-hybridized carbons (Fsp3) is 0.136. The molecule has 0 spiro atoms. The normalized spacial score (nSPS) is 11.8. The largest absolute Gasteiger partial charge is 0.295 e. The van der Waals surface area contributed by atoms with Crippen molar-refractivity contribution in [1.29, 1.82) is 0 Å². The zero-order valence-corrected chi connectivity index (χ0v) is 16.0. The van der Waals surface area contributed by atoms with Gasteiger partial charge in [0.25, 0.3) is 5.56 Å². The number of H-pyrrole nitrogens is 1. The van der Waals surface area contributed by atoms with Crippen molar-refractivity contribution in [1.82, 2.24) is 19.6 Å². The van der Waals surface area contributed by atoms with Gasteiger partial charge < -0.3 is 0 Å². The number of aromatic amines is 1. The molecule has 0 saturated carbocycles. The molecule has 0 amide bonds. The number of benzene rings is 2. The maximum absolute atomic E-state index is 13.0. The van der Waals surface area contributed by atoms with Gasteiger partial charge in [0.15, 0.2) is 5.82 Å². The summed E-state index contributed by atoms with van der Waals surface area (Å²) in [6.45, 7) is 5.66. The maximum Gasteiger partial charge on any atom is 0.280 e. The van der Waals surface area contributed by atoms with Crippen LogP contribution in [0.2, 0.25) is 0 Å². The molecule has 0 atom stereocenters. The molecule has 4 aromatic rings. The molecule has 2 aromatic heterocycles. The van der Waals surface area contributed by atoms with Gasteiger partial charge in [0.1, 0.15) is 0 Å². The molecule has 0 bridgehead atoms. The van der Waals surface area contributed by atoms with Crippen molar-refractivity contribution in [3.05, 3.63) is 94.0 Å². The predicted molar refractivity (Wildman–Crippen MR) is 111 cm³/mol. The monoisotopic (exact) mass is 371 g/mol. The van der Waals surface area contributed by atoms with E-state index in [2.05, 4.69) is 10.2 Å². The van der Waals surface area contributed by atoms with E-state index in [9.17, 15) is 4.79 Å². The van der Waals surface area contributed by atoms with Crippen molar-refractivity contribution < 1.29 is 0 Å². The number of hydrogen-bond acceptors (Lipinski definition) is 3. The molecule has 28 heavy (non-hydrogen) atoms. The lowest BCUT2D eigenvalue weighted by Crippen LogP contribution is -2.19. The highest BCUT2D eigenvalue weighted by Gasteiger charge is 2.16. The molecular formula is C22H21N5O. The average Bonchev–Trinajstić information content (AvgIpc) is 3.21. The molecule has 0 radical (unpaired) electrons. The summed E-state index contributed by atoms with van der Waals surface area (Å²) in [5.74, 6) is 0.687. The zero-order valence-electron chi connectivity index (χ0n) is 16.0. The summed E-state index contributed by atoms with van der Waals surface area (Å²) in [4.78, 5) is 17.7. The first kappa shape index (κ1) is 17.7. The highest BCUT2D eigenvalue weighted by molar-refractivity contribution is 6.00. The molecule has 0 fully saturated rings. The van der Waals surface area contributed by atoms with Crippen molar-refractivity contribution >= 4 is 11.5 Å². The molecule has 140 valence electrons. The Hall–Kier alpha value is -3.67. The summed E-state index contributed by atoms with van der Waals surface area (Å²) >= 11 is 0. The summed E-state index contributed by atoms with van der Waals surface area (Å²) in [6.07, 6.45) is 0. The maximum atomic E-state index is 13.0. The first-order valence-electron chi connectivity index (χ1n) is 9.09. The summed E-state index contributed by atoms with van der Waals surface area (Å²) in [5, 5.41) is 7.69. The summed E-state index contributed by atoms with van der Waals surface area (Å²) in [6, 6.07) is 21.3. The Morgan fingerprint density at radius 3 is 2.21 bits per heavy atom. The number of nitrogens with one attached hydrogen (secondary N) is 1. The van der Waals surface area contributed by atoms with Crippen LogP contribution in [0.15, 0.2) is 76.5 Å². The second-order valence-electron chi connectivity index (χ2n) is 6.68. The van der Waals surface area contributed by atoms with Crippen LogP contribution in [0.5, 0.6) is 0 Å². The number of aromatic nitrogens is 4. The molecule has 1 N–H and O–H groups in total. The Bertz CT molecular complexity index is 1200. The second-order valence-corrected chi connectivity index (χ2v) is 6.68. The zero-order chi connectivity index (χ0) is 19.7. The quantitative estimate of drug-likeness (QED) is 0.549. The van der Waals surface area contributed by atoms with Gasteiger partial charge in [-0.1, -0.05) is 36.4 Å². The van der Waals surface area contributed by atoms with Crippen LogP contribution in [-0.4, -0.2) is 25.3 Å². The number of aliphatic imine (C=N–C) groups is 1. The van der Waals surface area contributed by atoms with Crippen LogP contribution in [0.25, 0.3) is 11.4 Å². The van der Waals surface area contributed by atoms with E-state index in [0.29, 0.717) is 17.1 Å². The molecule has 2 aromatic carbocycles. The first-order chi connectivity index (χ1) is 13.5. The van der Waals surface area contributed by atoms with E-state index in [1.165, 1.54) is 0 Å². The van der Waals surface area contributed by atoms with Crippen LogP contribution in [0.3, 0.4) is 0 Å². The minimum absolute atomic E-state index is 0.118. The Labute approximate surface area is 162 Å². The van der Waals surface area contributed by atoms with Crippen molar-refractivity contribution in [3.63, 3.8) is 0 Å². The molecule has 0 aliphatic rings. The molecular weight excluding hydrogens is 350 g/mol. The molecule has 0 aliphatic carbocycles. The second kappa shape index (κ2) is 7.15. The fourth-order valence-corrected chi connectivity index (χ4v) is 3.28. The number of aryl methyl sites for hydroxylation is 2. The molecule has 2 heterocycles. The molecule has 6 nitrogen and oxygen atoms in total. The lowest BCUT2D eigenvalue weighted by Gasteiger charge is -2.04. The third-order valence-corrected chi connectivity index (χ3v) is 4.54. The minimum atomic E-state index is -0.118. The van der Waals surface area contributed by atoms with Gasteiger partial charge >= 0.3 is 0 Å². The van der Waals surface area contributed by atoms with Crippen molar-refractivity contribution in [3.8, 4) is 11.4 Å². The van der Waals surface area contributed by atoms with Crippen molar-refractivity contribution in [2.24, 2.45) is 4.99 Å². The number of rotatable bonds is 4. The molecule has 0 aliphatic heterocycles. The molecule has 0 saturated heterocycles. The summed E-state index contributed by atoms with van der Waals surface area (Å²) in [7, 11) is 0. The van der Waals surface area contributed by atoms with E-state index in [4.69, 9.17) is 4.99 Å². The Morgan fingerprint density at radius 2 is 1.57 bits per heavy atom. The van der Waals surface area contributed by atoms with Gasteiger partial charge in [-0.15, -0.1) is 0 Å². The number of hydrogen-bond donors (Lipinski definition) is 1. The van der Waals surface area contributed by atoms with Crippen LogP contribution in [0.4, 0.5) is 5.82 Å². The van der Waals surface area contributed by atoms with E-state index in [-0.39, 0.29) is 5.56 Å². The smallest absolute Gasteiger partial charge is 0.280 e. The van der Waals surface area contributed by atoms with Crippen molar-refractivity contribution in [2.75, 3.05) is 0 Å². The van der Waals surface area contributed by atoms with E-state index in [1.54, 1.807) is 9.36 Å². The summed E-state index contributed by atoms with van der Waals surface area (Å²) in [5.41, 5.74) is 4.45. The SMILES string of the molecule is C/C(=N/c1cc(C)nn1-c1ccccc1)c1c(C)[nH]n(-c2ccccc2)c1=O. The summed E-state index contributed by atoms with van der Waals surface area (Å²) < 4.78 is 3.33. The van der Waals surface area contributed by atoms with Gasteiger partial charge in [0.2, 0.25) is 0 Å². The Kier molecular flexibility index (Phi) is 4.53. The van der Waals surface area contributed by atoms with E-state index >= 15 is 0 Å². The predicted octanol–water partition coefficient (Wildman–Crippen LogP) is 4.11. The van der Waals surface area contributed by atoms with E-state index in [0.717, 1.165) is 22.8 Å². The lowest BCUT2D eigenvalue weighted by molar-refractivity contribution is 0.835. The minimum Gasteiger partial charge on any atom is -0.295 e. The van der Waals surface area contributed by atoms with Crippen molar-refractivity contribution in [2.45, 2.75) is 20.8 Å². The van der Waals surface area contributed by atoms with Gasteiger partial charge in [0, 0.05) is 11.8 Å². The Balaban J connectivity index is 1.80. The van der Waals surface area contributed by atoms with Gasteiger partial charge in [-0.3, -0.25) is 9.89 Å². The number of nitrogens with zero attached hydrogens (tertiary/aromatic N) is 4. The van der Waals surface area contributed by atoms with E-state index in [1.807, 2.05) is 87.5 Å². The third-order valence-electron chi connectivity index (χ3n) is 4.54. The van der Waals surface area contributed by atoms with Crippen LogP contribution < -0.4 is 5.56 Å². The average molecular weight is 371 g/mol. The Morgan fingerprint density at radius 1 is 0.964 bits per heavy atom. The first-order valence-corrected chi connectivity index (χ1v) is 9.09. The standard InChI is InChI=1S/C22H21N5O/c1-15-14-20(26(24-15)18-10-6-4-7-11-18)23-16(2)21-17(3)25-27(22(21)28)19-12-8-5-9-13-19/h4-14,25H,1-3H3/b23-16-.